The first kappa shape index (κ1) is 27.9. The van der Waals surface area contributed by atoms with E-state index in [9.17, 15) is 26.4 Å². The number of nitrogens with two attached hydrogens (primary N) is 1. The van der Waals surface area contributed by atoms with E-state index in [-0.39, 0.29) is 40.7 Å². The summed E-state index contributed by atoms with van der Waals surface area (Å²) >= 11 is 0. The van der Waals surface area contributed by atoms with Crippen molar-refractivity contribution in [1.82, 2.24) is 20.2 Å². The number of anilines is 3. The zero-order valence-electron chi connectivity index (χ0n) is 21.3. The van der Waals surface area contributed by atoms with Crippen LogP contribution >= 0.6 is 0 Å². The minimum Gasteiger partial charge on any atom is -0.491 e. The first-order chi connectivity index (χ1) is 19.6. The third-order valence-electron chi connectivity index (χ3n) is 6.24. The Morgan fingerprint density at radius 1 is 1.12 bits per heavy atom. The fraction of sp³-hybridized carbons (Fsp3) is 0.231. The van der Waals surface area contributed by atoms with E-state index >= 15 is 0 Å². The van der Waals surface area contributed by atoms with Crippen LogP contribution in [0, 0.1) is 5.82 Å². The molecule has 1 aliphatic rings. The summed E-state index contributed by atoms with van der Waals surface area (Å²) in [5.41, 5.74) is 7.34. The zero-order chi connectivity index (χ0) is 29.1. The maximum atomic E-state index is 13.2. The highest BCUT2D eigenvalue weighted by molar-refractivity contribution is 7.93. The number of ether oxygens (including phenoxy) is 1. The molecule has 2 heterocycles. The van der Waals surface area contributed by atoms with Crippen LogP contribution in [0.25, 0.3) is 11.3 Å². The Balaban J connectivity index is 1.43. The Hall–Kier alpha value is -4.66. The molecule has 1 amide bonds. The SMILES string of the molecule is NC(=O)c1c(-c2ccc(NS(=O)(=O)C(F)F)c(OCCc3ccc(F)cc3)c2)n[nH]c1Nc1cnc(C2CC2)cn1. The highest BCUT2D eigenvalue weighted by Crippen LogP contribution is 2.39. The molecule has 11 nitrogen and oxygen atoms in total. The fourth-order valence-electron chi connectivity index (χ4n) is 4.00. The number of rotatable bonds is 12. The number of H-pyrrole nitrogens is 1. The number of alkyl halides is 2. The standard InChI is InChI=1S/C26H24F3N7O4S/c27-17-6-1-14(2-7-17)9-10-40-20-11-16(5-8-18(20)36-41(38,39)26(28)29)23-22(24(30)37)25(35-34-23)33-21-13-31-19(12-32-21)15-3-4-15/h1-2,5-8,11-13,15,26,36H,3-4,9-10H2,(H2,30,37)(H2,32,33,34,35). The first-order valence-corrected chi connectivity index (χ1v) is 13.9. The van der Waals surface area contributed by atoms with Gasteiger partial charge >= 0.3 is 5.76 Å². The molecule has 2 aromatic carbocycles. The van der Waals surface area contributed by atoms with E-state index in [2.05, 4.69) is 25.5 Å². The van der Waals surface area contributed by atoms with E-state index in [0.29, 0.717) is 18.2 Å². The van der Waals surface area contributed by atoms with Gasteiger partial charge in [0.05, 0.1) is 30.4 Å². The van der Waals surface area contributed by atoms with Gasteiger partial charge in [0.2, 0.25) is 0 Å². The third-order valence-corrected chi connectivity index (χ3v) is 7.21. The summed E-state index contributed by atoms with van der Waals surface area (Å²) < 4.78 is 70.6. The van der Waals surface area contributed by atoms with Crippen LogP contribution in [0.5, 0.6) is 5.75 Å². The van der Waals surface area contributed by atoms with Crippen LogP contribution in [0.2, 0.25) is 0 Å². The average Bonchev–Trinajstić information content (AvgIpc) is 3.70. The van der Waals surface area contributed by atoms with Crippen LogP contribution in [0.4, 0.5) is 30.5 Å². The molecule has 0 saturated heterocycles. The van der Waals surface area contributed by atoms with Gasteiger partial charge in [0, 0.05) is 17.9 Å². The lowest BCUT2D eigenvalue weighted by atomic mass is 10.1. The quantitative estimate of drug-likeness (QED) is 0.190. The van der Waals surface area contributed by atoms with E-state index in [1.54, 1.807) is 18.3 Å². The van der Waals surface area contributed by atoms with E-state index in [1.807, 2.05) is 4.72 Å². The highest BCUT2D eigenvalue weighted by atomic mass is 32.2. The maximum Gasteiger partial charge on any atom is 0.355 e. The van der Waals surface area contributed by atoms with Crippen LogP contribution in [0.3, 0.4) is 0 Å². The van der Waals surface area contributed by atoms with Crippen LogP contribution in [-0.4, -0.2) is 46.9 Å². The van der Waals surface area contributed by atoms with Gasteiger partial charge in [-0.05, 0) is 42.7 Å². The number of hydrogen-bond donors (Lipinski definition) is 4. The lowest BCUT2D eigenvalue weighted by Gasteiger charge is -2.15. The molecule has 41 heavy (non-hydrogen) atoms. The highest BCUT2D eigenvalue weighted by Gasteiger charge is 2.27. The lowest BCUT2D eigenvalue weighted by molar-refractivity contribution is 0.100. The molecule has 0 radical (unpaired) electrons. The van der Waals surface area contributed by atoms with Crippen molar-refractivity contribution in [3.8, 4) is 17.0 Å². The van der Waals surface area contributed by atoms with Gasteiger partial charge in [0.1, 0.15) is 34.5 Å². The number of nitrogens with zero attached hydrogens (tertiary/aromatic N) is 3. The maximum absolute atomic E-state index is 13.2. The number of primary amides is 1. The Labute approximate surface area is 232 Å². The summed E-state index contributed by atoms with van der Waals surface area (Å²) in [6, 6.07) is 9.57. The number of carbonyl (C=O) groups is 1. The van der Waals surface area contributed by atoms with Gasteiger partial charge in [0.25, 0.3) is 15.9 Å². The molecule has 1 fully saturated rings. The summed E-state index contributed by atoms with van der Waals surface area (Å²) in [7, 11) is -5.01. The second kappa shape index (κ2) is 11.4. The number of amides is 1. The molecule has 1 saturated carbocycles. The Morgan fingerprint density at radius 3 is 2.51 bits per heavy atom. The van der Waals surface area contributed by atoms with Crippen molar-refractivity contribution in [3.05, 3.63) is 77.5 Å². The van der Waals surface area contributed by atoms with Gasteiger partial charge in [-0.2, -0.15) is 13.9 Å². The first-order valence-electron chi connectivity index (χ1n) is 12.4. The van der Waals surface area contributed by atoms with Crippen molar-refractivity contribution >= 4 is 33.3 Å². The number of halogens is 3. The average molecular weight is 588 g/mol. The van der Waals surface area contributed by atoms with Crippen LogP contribution in [0.1, 0.15) is 40.4 Å². The second-order valence-corrected chi connectivity index (χ2v) is 10.9. The van der Waals surface area contributed by atoms with Gasteiger partial charge in [0.15, 0.2) is 0 Å². The number of benzene rings is 2. The van der Waals surface area contributed by atoms with Crippen molar-refractivity contribution in [2.75, 3.05) is 16.6 Å². The molecule has 2 aromatic heterocycles. The molecule has 1 aliphatic carbocycles. The molecule has 0 unspecified atom stereocenters. The second-order valence-electron chi connectivity index (χ2n) is 9.26. The van der Waals surface area contributed by atoms with Crippen LogP contribution < -0.4 is 20.5 Å². The predicted octanol–water partition coefficient (Wildman–Crippen LogP) is 4.31. The molecule has 5 N–H and O–H groups in total. The van der Waals surface area contributed by atoms with Crippen molar-refractivity contribution in [2.45, 2.75) is 30.9 Å². The molecule has 214 valence electrons. The molecule has 0 spiro atoms. The smallest absolute Gasteiger partial charge is 0.355 e. The van der Waals surface area contributed by atoms with E-state index < -0.39 is 27.5 Å². The lowest BCUT2D eigenvalue weighted by Crippen LogP contribution is -2.21. The zero-order valence-corrected chi connectivity index (χ0v) is 22.1. The minimum atomic E-state index is -5.01. The molecular formula is C26H24F3N7O4S. The number of aromatic amines is 1. The molecular weight excluding hydrogens is 563 g/mol. The fourth-order valence-corrected chi connectivity index (χ4v) is 4.57. The van der Waals surface area contributed by atoms with E-state index in [0.717, 1.165) is 24.1 Å². The monoisotopic (exact) mass is 587 g/mol. The third kappa shape index (κ3) is 6.57. The van der Waals surface area contributed by atoms with E-state index in [1.165, 1.54) is 36.5 Å². The minimum absolute atomic E-state index is 0.00986. The number of carbonyl (C=O) groups excluding carboxylic acids is 1. The normalized spacial score (nSPS) is 13.3. The van der Waals surface area contributed by atoms with Crippen LogP contribution in [-0.2, 0) is 16.4 Å². The molecule has 0 aliphatic heterocycles. The Morgan fingerprint density at radius 2 is 1.88 bits per heavy atom. The number of aromatic nitrogens is 4. The van der Waals surface area contributed by atoms with Crippen molar-refractivity contribution in [3.63, 3.8) is 0 Å². The Bertz CT molecular complexity index is 1660. The van der Waals surface area contributed by atoms with Crippen molar-refractivity contribution in [1.29, 1.82) is 0 Å². The van der Waals surface area contributed by atoms with Gasteiger partial charge < -0.3 is 15.8 Å². The summed E-state index contributed by atoms with van der Waals surface area (Å²) in [5.74, 6) is -4.14. The molecule has 15 heteroatoms. The molecule has 4 aromatic rings. The number of nitrogens with one attached hydrogen (secondary N) is 3. The summed E-state index contributed by atoms with van der Waals surface area (Å²) in [6.07, 6.45) is 5.61. The molecule has 0 bridgehead atoms. The van der Waals surface area contributed by atoms with E-state index in [4.69, 9.17) is 10.5 Å². The summed E-state index contributed by atoms with van der Waals surface area (Å²) in [6.45, 7) is -0.00986. The Kier molecular flexibility index (Phi) is 7.79. The van der Waals surface area contributed by atoms with Gasteiger partial charge in [-0.3, -0.25) is 19.6 Å². The van der Waals surface area contributed by atoms with Gasteiger partial charge in [-0.15, -0.1) is 0 Å². The summed E-state index contributed by atoms with van der Waals surface area (Å²) in [5, 5.41) is 9.81. The number of hydrogen-bond acceptors (Lipinski definition) is 8. The van der Waals surface area contributed by atoms with Gasteiger partial charge in [-0.1, -0.05) is 18.2 Å². The topological polar surface area (TPSA) is 165 Å². The molecule has 5 rings (SSSR count). The number of sulfonamides is 1. The van der Waals surface area contributed by atoms with Crippen LogP contribution in [0.15, 0.2) is 54.9 Å². The molecule has 0 atom stereocenters. The van der Waals surface area contributed by atoms with Crippen molar-refractivity contribution in [2.24, 2.45) is 5.73 Å². The van der Waals surface area contributed by atoms with Crippen molar-refractivity contribution < 1.29 is 31.1 Å². The predicted molar refractivity (Wildman–Crippen MR) is 144 cm³/mol. The summed E-state index contributed by atoms with van der Waals surface area (Å²) in [4.78, 5) is 21.1. The largest absolute Gasteiger partial charge is 0.491 e. The van der Waals surface area contributed by atoms with Gasteiger partial charge in [-0.25, -0.2) is 17.8 Å².